The molecule has 268 valence electrons. The molecule has 7 rings (SSSR count). The Hall–Kier alpha value is -3.25. The highest BCUT2D eigenvalue weighted by Gasteiger charge is 2.50. The maximum atomic E-state index is 16.2. The fraction of sp³-hybridized carbons (Fsp3) is 0.730. The van der Waals surface area contributed by atoms with Crippen LogP contribution in [0.2, 0.25) is 0 Å². The number of aryl methyl sites for hydroxylation is 1. The van der Waals surface area contributed by atoms with E-state index in [9.17, 15) is 19.2 Å². The van der Waals surface area contributed by atoms with Crippen LogP contribution in [0.1, 0.15) is 103 Å². The highest BCUT2D eigenvalue weighted by molar-refractivity contribution is 6.00. The van der Waals surface area contributed by atoms with Crippen molar-refractivity contribution in [2.45, 2.75) is 114 Å². The van der Waals surface area contributed by atoms with E-state index >= 15 is 4.39 Å². The van der Waals surface area contributed by atoms with E-state index in [1.165, 1.54) is 0 Å². The number of likely N-dealkylation sites (tertiary alicyclic amines) is 3. The molecular weight excluding hydrogens is 627 g/mol. The van der Waals surface area contributed by atoms with Gasteiger partial charge < -0.3 is 19.4 Å². The number of fused-ring (bicyclic) bond motifs is 1. The summed E-state index contributed by atoms with van der Waals surface area (Å²) in [4.78, 5) is 56.9. The van der Waals surface area contributed by atoms with E-state index in [0.29, 0.717) is 37.3 Å². The van der Waals surface area contributed by atoms with Crippen LogP contribution in [0.5, 0.6) is 0 Å². The second-order valence-corrected chi connectivity index (χ2v) is 16.7. The molecule has 1 aliphatic carbocycles. The van der Waals surface area contributed by atoms with E-state index < -0.39 is 23.2 Å². The molecule has 1 spiro atoms. The number of carbonyl (C=O) groups is 3. The van der Waals surface area contributed by atoms with E-state index in [1.807, 2.05) is 37.8 Å². The number of carbonyl (C=O) groups excluding carboxylic acids is 3. The van der Waals surface area contributed by atoms with Crippen molar-refractivity contribution in [2.24, 2.45) is 12.5 Å². The number of piperidine rings is 4. The van der Waals surface area contributed by atoms with Crippen LogP contribution in [0.3, 0.4) is 0 Å². The molecule has 1 aromatic carbocycles. The quantitative estimate of drug-likeness (QED) is 0.464. The summed E-state index contributed by atoms with van der Waals surface area (Å²) in [6.45, 7) is 10.9. The van der Waals surface area contributed by atoms with Gasteiger partial charge in [-0.05, 0) is 115 Å². The smallest absolute Gasteiger partial charge is 0.410 e. The predicted molar refractivity (Wildman–Crippen MR) is 184 cm³/mol. The van der Waals surface area contributed by atoms with Crippen molar-refractivity contribution in [1.29, 1.82) is 0 Å². The van der Waals surface area contributed by atoms with Crippen LogP contribution in [0.25, 0.3) is 11.0 Å². The number of aromatic nitrogens is 2. The number of rotatable bonds is 5. The van der Waals surface area contributed by atoms with Crippen LogP contribution >= 0.6 is 0 Å². The molecule has 11 nitrogen and oxygen atoms in total. The van der Waals surface area contributed by atoms with E-state index in [1.54, 1.807) is 16.2 Å². The first-order chi connectivity index (χ1) is 23.2. The fourth-order valence-corrected chi connectivity index (χ4v) is 9.38. The van der Waals surface area contributed by atoms with Crippen molar-refractivity contribution in [3.63, 3.8) is 0 Å². The van der Waals surface area contributed by atoms with Gasteiger partial charge in [0.25, 0.3) is 0 Å². The van der Waals surface area contributed by atoms with Gasteiger partial charge in [-0.1, -0.05) is 12.1 Å². The molecule has 1 saturated carbocycles. The number of benzene rings is 1. The van der Waals surface area contributed by atoms with Crippen molar-refractivity contribution >= 4 is 28.9 Å². The van der Waals surface area contributed by atoms with Gasteiger partial charge in [0.2, 0.25) is 11.8 Å². The molecule has 4 aliphatic heterocycles. The Kier molecular flexibility index (Phi) is 8.95. The van der Waals surface area contributed by atoms with E-state index in [0.717, 1.165) is 94.4 Å². The minimum absolute atomic E-state index is 0.205. The van der Waals surface area contributed by atoms with Gasteiger partial charge in [-0.25, -0.2) is 14.0 Å². The Morgan fingerprint density at radius 1 is 0.959 bits per heavy atom. The van der Waals surface area contributed by atoms with Crippen molar-refractivity contribution in [3.05, 3.63) is 34.2 Å². The first-order valence-corrected chi connectivity index (χ1v) is 18.4. The average molecular weight is 681 g/mol. The molecule has 1 aromatic heterocycles. The first kappa shape index (κ1) is 34.2. The molecular formula is C37H53FN6O5. The lowest BCUT2D eigenvalue weighted by atomic mass is 9.59. The number of alkyl halides is 1. The second kappa shape index (κ2) is 12.8. The van der Waals surface area contributed by atoms with Gasteiger partial charge in [0.05, 0.1) is 11.0 Å². The highest BCUT2D eigenvalue weighted by Crippen LogP contribution is 2.52. The standard InChI is InChI=1S/C37H53FN6O5/c1-35(2,3)49-34(48)43-18-12-36(13-19-43)22-26(23-36)42-20-14-37(38,15-21-42)24-41-16-10-25(11-17-41)27-6-5-7-28-31(27)40(4)33(47)44(28)29-8-9-30(45)39-32(29)46/h5-7,25-26,29H,8-24H2,1-4H3,(H,39,45,46). The third-order valence-corrected chi connectivity index (χ3v) is 12.2. The third kappa shape index (κ3) is 6.79. The number of nitrogens with one attached hydrogen (secondary N) is 1. The van der Waals surface area contributed by atoms with Gasteiger partial charge >= 0.3 is 11.8 Å². The number of imide groups is 1. The normalized spacial score (nSPS) is 25.8. The largest absolute Gasteiger partial charge is 0.444 e. The number of hydrogen-bond donors (Lipinski definition) is 1. The number of halogens is 1. The zero-order valence-corrected chi connectivity index (χ0v) is 29.6. The molecule has 3 amide bonds. The predicted octanol–water partition coefficient (Wildman–Crippen LogP) is 4.48. The Labute approximate surface area is 288 Å². The van der Waals surface area contributed by atoms with Crippen LogP contribution in [-0.2, 0) is 21.4 Å². The van der Waals surface area contributed by atoms with Gasteiger partial charge in [0.15, 0.2) is 0 Å². The van der Waals surface area contributed by atoms with E-state index in [-0.39, 0.29) is 30.0 Å². The van der Waals surface area contributed by atoms with Crippen molar-refractivity contribution in [1.82, 2.24) is 29.2 Å². The lowest BCUT2D eigenvalue weighted by Gasteiger charge is -2.56. The average Bonchev–Trinajstić information content (AvgIpc) is 3.29. The third-order valence-electron chi connectivity index (χ3n) is 12.2. The van der Waals surface area contributed by atoms with Gasteiger partial charge in [0.1, 0.15) is 17.3 Å². The number of hydrogen-bond acceptors (Lipinski definition) is 7. The minimum atomic E-state index is -1.17. The summed E-state index contributed by atoms with van der Waals surface area (Å²) in [5, 5.41) is 2.38. The topological polar surface area (TPSA) is 109 Å². The Balaban J connectivity index is 0.896. The minimum Gasteiger partial charge on any atom is -0.444 e. The molecule has 1 atom stereocenters. The molecule has 0 radical (unpaired) electrons. The van der Waals surface area contributed by atoms with Crippen LogP contribution in [-0.4, -0.2) is 105 Å². The number of para-hydroxylation sites is 1. The van der Waals surface area contributed by atoms with E-state index in [4.69, 9.17) is 4.74 Å². The molecule has 5 aliphatic rings. The molecule has 1 unspecified atom stereocenters. The van der Waals surface area contributed by atoms with Crippen LogP contribution < -0.4 is 11.0 Å². The molecule has 4 saturated heterocycles. The second-order valence-electron chi connectivity index (χ2n) is 16.7. The lowest BCUT2D eigenvalue weighted by molar-refractivity contribution is -0.135. The summed E-state index contributed by atoms with van der Waals surface area (Å²) in [5.41, 5.74) is 1.09. The summed E-state index contributed by atoms with van der Waals surface area (Å²) in [5.74, 6) is -0.489. The van der Waals surface area contributed by atoms with Crippen LogP contribution in [0, 0.1) is 5.41 Å². The molecule has 5 heterocycles. The van der Waals surface area contributed by atoms with Gasteiger partial charge in [0, 0.05) is 52.2 Å². The summed E-state index contributed by atoms with van der Waals surface area (Å²) in [6, 6.07) is 5.74. The monoisotopic (exact) mass is 680 g/mol. The molecule has 0 bridgehead atoms. The molecule has 2 aromatic rings. The van der Waals surface area contributed by atoms with Crippen LogP contribution in [0.15, 0.2) is 23.0 Å². The van der Waals surface area contributed by atoms with Gasteiger partial charge in [-0.3, -0.25) is 24.0 Å². The molecule has 5 fully saturated rings. The maximum Gasteiger partial charge on any atom is 0.410 e. The lowest BCUT2D eigenvalue weighted by Crippen LogP contribution is -2.59. The number of nitrogens with zero attached hydrogens (tertiary/aromatic N) is 5. The molecule has 12 heteroatoms. The zero-order chi connectivity index (χ0) is 34.7. The fourth-order valence-electron chi connectivity index (χ4n) is 9.38. The van der Waals surface area contributed by atoms with Crippen LogP contribution in [0.4, 0.5) is 9.18 Å². The van der Waals surface area contributed by atoms with Gasteiger partial charge in [-0.2, -0.15) is 0 Å². The Morgan fingerprint density at radius 3 is 2.27 bits per heavy atom. The molecule has 49 heavy (non-hydrogen) atoms. The Bertz CT molecular complexity index is 1650. The van der Waals surface area contributed by atoms with Crippen molar-refractivity contribution < 1.29 is 23.5 Å². The Morgan fingerprint density at radius 2 is 1.63 bits per heavy atom. The zero-order valence-electron chi connectivity index (χ0n) is 29.6. The number of imidazole rings is 1. The maximum absolute atomic E-state index is 16.2. The molecule has 1 N–H and O–H groups in total. The van der Waals surface area contributed by atoms with Crippen molar-refractivity contribution in [2.75, 3.05) is 45.8 Å². The first-order valence-electron chi connectivity index (χ1n) is 18.4. The summed E-state index contributed by atoms with van der Waals surface area (Å²) in [7, 11) is 1.75. The number of ether oxygens (including phenoxy) is 1. The van der Waals surface area contributed by atoms with Crippen molar-refractivity contribution in [3.8, 4) is 0 Å². The van der Waals surface area contributed by atoms with E-state index in [2.05, 4.69) is 21.2 Å². The highest BCUT2D eigenvalue weighted by atomic mass is 19.1. The summed E-state index contributed by atoms with van der Waals surface area (Å²) in [6.07, 6.45) is 7.57. The van der Waals surface area contributed by atoms with Gasteiger partial charge in [-0.15, -0.1) is 0 Å². The summed E-state index contributed by atoms with van der Waals surface area (Å²) >= 11 is 0. The number of amides is 3. The summed E-state index contributed by atoms with van der Waals surface area (Å²) < 4.78 is 25.0. The SMILES string of the molecule is Cn1c(=O)n(C2CCC(=O)NC2=O)c2cccc(C3CCN(CC4(F)CCN(C5CC6(CCN(C(=O)OC(C)(C)C)CC6)C5)CC4)CC3)c21.